The second-order valence-electron chi connectivity index (χ2n) is 6.11. The number of aromatic nitrogens is 2. The van der Waals surface area contributed by atoms with Crippen molar-refractivity contribution >= 4 is 17.0 Å². The van der Waals surface area contributed by atoms with Crippen LogP contribution < -0.4 is 4.90 Å². The van der Waals surface area contributed by atoms with Crippen LogP contribution in [0.3, 0.4) is 0 Å². The summed E-state index contributed by atoms with van der Waals surface area (Å²) < 4.78 is 0. The molecule has 3 heterocycles. The van der Waals surface area contributed by atoms with E-state index < -0.39 is 0 Å². The van der Waals surface area contributed by atoms with E-state index in [-0.39, 0.29) is 0 Å². The summed E-state index contributed by atoms with van der Waals surface area (Å²) in [5.74, 6) is 1.03. The molecule has 2 aliphatic rings. The molecule has 0 saturated carbocycles. The zero-order valence-electron chi connectivity index (χ0n) is 12.6. The van der Waals surface area contributed by atoms with E-state index in [1.54, 1.807) is 0 Å². The Morgan fingerprint density at radius 3 is 2.62 bits per heavy atom. The van der Waals surface area contributed by atoms with Gasteiger partial charge in [-0.25, -0.2) is 4.98 Å². The van der Waals surface area contributed by atoms with E-state index in [1.807, 2.05) is 6.07 Å². The molecule has 2 aromatic rings. The zero-order valence-corrected chi connectivity index (χ0v) is 12.6. The molecule has 1 N–H and O–H groups in total. The lowest BCUT2D eigenvalue weighted by Crippen LogP contribution is -2.63. The number of para-hydroxylation sites is 2. The van der Waals surface area contributed by atoms with Gasteiger partial charge in [0, 0.05) is 45.3 Å². The van der Waals surface area contributed by atoms with E-state index in [4.69, 9.17) is 0 Å². The van der Waals surface area contributed by atoms with Crippen molar-refractivity contribution in [2.24, 2.45) is 0 Å². The Kier molecular flexibility index (Phi) is 3.31. The molecule has 0 radical (unpaired) electrons. The highest BCUT2D eigenvalue weighted by molar-refractivity contribution is 5.77. The molecule has 2 saturated heterocycles. The number of nitrogens with zero attached hydrogens (tertiary/aromatic N) is 4. The largest absolute Gasteiger partial charge is 0.339 e. The number of aromatic amines is 1. The summed E-state index contributed by atoms with van der Waals surface area (Å²) in [6, 6.07) is 8.95. The summed E-state index contributed by atoms with van der Waals surface area (Å²) in [4.78, 5) is 15.6. The van der Waals surface area contributed by atoms with Crippen molar-refractivity contribution < 1.29 is 0 Å². The molecule has 5 heteroatoms. The molecule has 0 bridgehead atoms. The first kappa shape index (κ1) is 13.1. The minimum Gasteiger partial charge on any atom is -0.339 e. The third-order valence-corrected chi connectivity index (χ3v) is 4.91. The van der Waals surface area contributed by atoms with Crippen molar-refractivity contribution in [3.05, 3.63) is 24.3 Å². The molecule has 0 atom stereocenters. The lowest BCUT2D eigenvalue weighted by Gasteiger charge is -2.48. The quantitative estimate of drug-likeness (QED) is 0.925. The van der Waals surface area contributed by atoms with Gasteiger partial charge in [-0.15, -0.1) is 0 Å². The molecule has 2 fully saturated rings. The molecule has 112 valence electrons. The van der Waals surface area contributed by atoms with E-state index in [0.717, 1.165) is 30.1 Å². The zero-order chi connectivity index (χ0) is 14.2. The molecule has 0 amide bonds. The molecule has 5 nitrogen and oxygen atoms in total. The summed E-state index contributed by atoms with van der Waals surface area (Å²) in [6.45, 7) is 10.5. The standard InChI is InChI=1S/C16H23N5/c1-2-19-7-9-20(10-8-19)13-11-21(12-13)16-17-14-5-3-4-6-15(14)18-16/h3-6,13H,2,7-12H2,1H3,(H,17,18). The fourth-order valence-corrected chi connectivity index (χ4v) is 3.39. The Balaban J connectivity index is 1.36. The van der Waals surface area contributed by atoms with Gasteiger partial charge in [0.05, 0.1) is 11.0 Å². The average molecular weight is 285 g/mol. The van der Waals surface area contributed by atoms with Crippen LogP contribution in [0.5, 0.6) is 0 Å². The first-order valence-corrected chi connectivity index (χ1v) is 7.99. The summed E-state index contributed by atoms with van der Waals surface area (Å²) in [7, 11) is 0. The molecule has 0 spiro atoms. The van der Waals surface area contributed by atoms with Crippen LogP contribution in [0.15, 0.2) is 24.3 Å². The number of imidazole rings is 1. The highest BCUT2D eigenvalue weighted by atomic mass is 15.4. The third-order valence-electron chi connectivity index (χ3n) is 4.91. The highest BCUT2D eigenvalue weighted by Crippen LogP contribution is 2.24. The van der Waals surface area contributed by atoms with Gasteiger partial charge >= 0.3 is 0 Å². The Morgan fingerprint density at radius 1 is 1.14 bits per heavy atom. The summed E-state index contributed by atoms with van der Waals surface area (Å²) in [6.07, 6.45) is 0. The Hall–Kier alpha value is -1.59. The van der Waals surface area contributed by atoms with Gasteiger partial charge in [-0.2, -0.15) is 0 Å². The first-order valence-electron chi connectivity index (χ1n) is 7.99. The number of piperazine rings is 1. The molecule has 21 heavy (non-hydrogen) atoms. The smallest absolute Gasteiger partial charge is 0.203 e. The van der Waals surface area contributed by atoms with Crippen molar-refractivity contribution in [3.8, 4) is 0 Å². The fourth-order valence-electron chi connectivity index (χ4n) is 3.39. The molecular weight excluding hydrogens is 262 g/mol. The van der Waals surface area contributed by atoms with Gasteiger partial charge in [-0.3, -0.25) is 4.90 Å². The third kappa shape index (κ3) is 2.40. The highest BCUT2D eigenvalue weighted by Gasteiger charge is 2.34. The number of likely N-dealkylation sites (N-methyl/N-ethyl adjacent to an activating group) is 1. The van der Waals surface area contributed by atoms with E-state index in [0.29, 0.717) is 6.04 Å². The lowest BCUT2D eigenvalue weighted by atomic mass is 10.1. The summed E-state index contributed by atoms with van der Waals surface area (Å²) in [5, 5.41) is 0. The van der Waals surface area contributed by atoms with Crippen LogP contribution in [0.2, 0.25) is 0 Å². The number of hydrogen-bond acceptors (Lipinski definition) is 4. The summed E-state index contributed by atoms with van der Waals surface area (Å²) >= 11 is 0. The lowest BCUT2D eigenvalue weighted by molar-refractivity contribution is 0.0857. The van der Waals surface area contributed by atoms with Crippen LogP contribution in [0.1, 0.15) is 6.92 Å². The van der Waals surface area contributed by atoms with Crippen LogP contribution in [0.4, 0.5) is 5.95 Å². The van der Waals surface area contributed by atoms with Crippen molar-refractivity contribution in [2.45, 2.75) is 13.0 Å². The predicted octanol–water partition coefficient (Wildman–Crippen LogP) is 1.39. The fraction of sp³-hybridized carbons (Fsp3) is 0.562. The Morgan fingerprint density at radius 2 is 1.90 bits per heavy atom. The maximum Gasteiger partial charge on any atom is 0.203 e. The topological polar surface area (TPSA) is 38.4 Å². The van der Waals surface area contributed by atoms with Crippen molar-refractivity contribution in [2.75, 3.05) is 50.7 Å². The molecule has 1 aromatic carbocycles. The van der Waals surface area contributed by atoms with Crippen molar-refractivity contribution in [3.63, 3.8) is 0 Å². The van der Waals surface area contributed by atoms with Gasteiger partial charge in [0.2, 0.25) is 5.95 Å². The van der Waals surface area contributed by atoms with Gasteiger partial charge in [0.15, 0.2) is 0 Å². The molecule has 2 aliphatic heterocycles. The molecule has 0 unspecified atom stereocenters. The monoisotopic (exact) mass is 285 g/mol. The van der Waals surface area contributed by atoms with Crippen LogP contribution in [0.25, 0.3) is 11.0 Å². The first-order chi connectivity index (χ1) is 10.3. The maximum atomic E-state index is 4.68. The van der Waals surface area contributed by atoms with Crippen molar-refractivity contribution in [1.29, 1.82) is 0 Å². The van der Waals surface area contributed by atoms with Crippen LogP contribution in [0, 0.1) is 0 Å². The maximum absolute atomic E-state index is 4.68. The molecule has 1 aromatic heterocycles. The Labute approximate surface area is 125 Å². The number of anilines is 1. The number of nitrogens with one attached hydrogen (secondary N) is 1. The van der Waals surface area contributed by atoms with E-state index in [1.165, 1.54) is 32.7 Å². The summed E-state index contributed by atoms with van der Waals surface area (Å²) in [5.41, 5.74) is 2.19. The second-order valence-corrected chi connectivity index (χ2v) is 6.11. The minimum atomic E-state index is 0.706. The normalized spacial score (nSPS) is 21.9. The molecule has 4 rings (SSSR count). The molecule has 0 aliphatic carbocycles. The van der Waals surface area contributed by atoms with Gasteiger partial charge in [0.1, 0.15) is 0 Å². The van der Waals surface area contributed by atoms with Crippen LogP contribution >= 0.6 is 0 Å². The number of rotatable bonds is 3. The van der Waals surface area contributed by atoms with Gasteiger partial charge < -0.3 is 14.8 Å². The number of fused-ring (bicyclic) bond motifs is 1. The number of H-pyrrole nitrogens is 1. The Bertz CT molecular complexity index is 575. The van der Waals surface area contributed by atoms with Crippen molar-refractivity contribution in [1.82, 2.24) is 19.8 Å². The van der Waals surface area contributed by atoms with Gasteiger partial charge in [-0.05, 0) is 18.7 Å². The van der Waals surface area contributed by atoms with Gasteiger partial charge in [0.25, 0.3) is 0 Å². The van der Waals surface area contributed by atoms with E-state index >= 15 is 0 Å². The van der Waals surface area contributed by atoms with E-state index in [2.05, 4.69) is 49.8 Å². The minimum absolute atomic E-state index is 0.706. The van der Waals surface area contributed by atoms with Crippen LogP contribution in [-0.2, 0) is 0 Å². The van der Waals surface area contributed by atoms with Crippen LogP contribution in [-0.4, -0.2) is 71.6 Å². The number of hydrogen-bond donors (Lipinski definition) is 1. The predicted molar refractivity (Wildman–Crippen MR) is 85.8 cm³/mol. The average Bonchev–Trinajstić information content (AvgIpc) is 2.90. The number of benzene rings is 1. The van der Waals surface area contributed by atoms with E-state index in [9.17, 15) is 0 Å². The molecular formula is C16H23N5. The second kappa shape index (κ2) is 5.31. The van der Waals surface area contributed by atoms with Gasteiger partial charge in [-0.1, -0.05) is 19.1 Å². The SMILES string of the molecule is CCN1CCN(C2CN(c3nc4ccccc4[nH]3)C2)CC1.